The van der Waals surface area contributed by atoms with Crippen molar-refractivity contribution in [1.82, 2.24) is 0 Å². The Morgan fingerprint density at radius 3 is 2.48 bits per heavy atom. The van der Waals surface area contributed by atoms with Crippen LogP contribution in [-0.4, -0.2) is 29.6 Å². The van der Waals surface area contributed by atoms with Crippen molar-refractivity contribution in [1.29, 1.82) is 0 Å². The fourth-order valence-electron chi connectivity index (χ4n) is 5.17. The smallest absolute Gasteiger partial charge is 0.201 e. The van der Waals surface area contributed by atoms with Crippen LogP contribution in [0.5, 0.6) is 0 Å². The van der Waals surface area contributed by atoms with Gasteiger partial charge in [0.2, 0.25) is 5.79 Å². The van der Waals surface area contributed by atoms with Crippen LogP contribution in [0, 0.1) is 23.7 Å². The molecule has 2 bridgehead atoms. The molecule has 4 heterocycles. The highest BCUT2D eigenvalue weighted by atomic mass is 17.3. The summed E-state index contributed by atoms with van der Waals surface area (Å²) in [6.45, 7) is 12.3. The van der Waals surface area contributed by atoms with Crippen LogP contribution < -0.4 is 0 Å². The lowest BCUT2D eigenvalue weighted by Crippen LogP contribution is -2.70. The van der Waals surface area contributed by atoms with Crippen molar-refractivity contribution in [3.8, 4) is 0 Å². The quantitative estimate of drug-likeness (QED) is 0.552. The number of ether oxygens (including phenoxy) is 2. The normalized spacial score (nSPS) is 52.6. The highest BCUT2D eigenvalue weighted by Crippen LogP contribution is 2.60. The minimum Gasteiger partial charge on any atom is -0.317 e. The second-order valence-corrected chi connectivity index (χ2v) is 9.57. The summed E-state index contributed by atoms with van der Waals surface area (Å²) in [4.78, 5) is 23.2. The summed E-state index contributed by atoms with van der Waals surface area (Å²) in [7, 11) is 0. The molecule has 0 aromatic heterocycles. The first-order valence-corrected chi connectivity index (χ1v) is 9.69. The maximum absolute atomic E-state index is 6.28. The van der Waals surface area contributed by atoms with Crippen molar-refractivity contribution in [3.63, 3.8) is 0 Å². The zero-order chi connectivity index (χ0) is 18.0. The van der Waals surface area contributed by atoms with Crippen LogP contribution in [-0.2, 0) is 29.0 Å². The van der Waals surface area contributed by atoms with Gasteiger partial charge in [-0.1, -0.05) is 13.8 Å². The fraction of sp³-hybridized carbons (Fsp3) is 1.00. The molecule has 5 fully saturated rings. The van der Waals surface area contributed by atoms with Crippen molar-refractivity contribution < 1.29 is 29.0 Å². The summed E-state index contributed by atoms with van der Waals surface area (Å²) in [6.07, 6.45) is 3.12. The Kier molecular flexibility index (Phi) is 4.26. The highest BCUT2D eigenvalue weighted by Gasteiger charge is 2.69. The maximum Gasteiger partial charge on any atom is 0.201 e. The first-order chi connectivity index (χ1) is 11.6. The van der Waals surface area contributed by atoms with Crippen LogP contribution in [0.15, 0.2) is 0 Å². The van der Waals surface area contributed by atoms with Gasteiger partial charge in [0.1, 0.15) is 0 Å². The number of hydrogen-bond donors (Lipinski definition) is 0. The number of fused-ring (bicyclic) bond motifs is 2. The molecule has 0 aromatic carbocycles. The first kappa shape index (κ1) is 18.1. The molecule has 0 N–H and O–H groups in total. The van der Waals surface area contributed by atoms with E-state index in [0.29, 0.717) is 11.8 Å². The molecule has 0 radical (unpaired) electrons. The molecule has 144 valence electrons. The van der Waals surface area contributed by atoms with Crippen molar-refractivity contribution in [2.75, 3.05) is 0 Å². The second-order valence-electron chi connectivity index (χ2n) is 9.57. The molecule has 1 spiro atoms. The average Bonchev–Trinajstić information content (AvgIpc) is 2.75. The summed E-state index contributed by atoms with van der Waals surface area (Å²) in [6, 6.07) is 0. The first-order valence-electron chi connectivity index (χ1n) is 9.69. The van der Waals surface area contributed by atoms with Gasteiger partial charge in [-0.25, -0.2) is 19.6 Å². The minimum absolute atomic E-state index is 0.128. The van der Waals surface area contributed by atoms with Gasteiger partial charge >= 0.3 is 0 Å². The zero-order valence-corrected chi connectivity index (χ0v) is 16.2. The van der Waals surface area contributed by atoms with Gasteiger partial charge in [0.05, 0.1) is 5.60 Å². The van der Waals surface area contributed by atoms with Crippen LogP contribution in [0.2, 0.25) is 0 Å². The summed E-state index contributed by atoms with van der Waals surface area (Å²) < 4.78 is 12.6. The van der Waals surface area contributed by atoms with E-state index >= 15 is 0 Å². The van der Waals surface area contributed by atoms with Gasteiger partial charge in [-0.3, -0.25) is 0 Å². The van der Waals surface area contributed by atoms with E-state index in [4.69, 9.17) is 29.0 Å². The Bertz CT molecular complexity index is 519. The minimum atomic E-state index is -0.756. The zero-order valence-electron chi connectivity index (χ0n) is 16.2. The van der Waals surface area contributed by atoms with E-state index in [1.54, 1.807) is 0 Å². The molecular weight excluding hydrogens is 324 g/mol. The average molecular weight is 356 g/mol. The molecule has 5 aliphatic rings. The third kappa shape index (κ3) is 2.86. The van der Waals surface area contributed by atoms with Crippen LogP contribution in [0.4, 0.5) is 0 Å². The Morgan fingerprint density at radius 1 is 1.00 bits per heavy atom. The van der Waals surface area contributed by atoms with E-state index < -0.39 is 29.6 Å². The van der Waals surface area contributed by atoms with Gasteiger partial charge in [0.15, 0.2) is 18.2 Å². The Morgan fingerprint density at radius 2 is 1.76 bits per heavy atom. The second kappa shape index (κ2) is 5.88. The standard InChI is InChI=1S/C19H32O6/c1-11-7-8-14-12(2)15(22-23-17(3,4)5)20-16-19(14)13(11)9-10-18(6,21-16)24-25-19/h11-16H,7-10H2,1-6H3/t11-,12-,13+,14+,15-,16?,18-,19-/m1/s1. The van der Waals surface area contributed by atoms with E-state index in [9.17, 15) is 0 Å². The Labute approximate surface area is 150 Å². The van der Waals surface area contributed by atoms with E-state index in [-0.39, 0.29) is 11.8 Å². The van der Waals surface area contributed by atoms with Crippen LogP contribution in [0.1, 0.15) is 67.2 Å². The predicted molar refractivity (Wildman–Crippen MR) is 88.8 cm³/mol. The molecule has 25 heavy (non-hydrogen) atoms. The summed E-state index contributed by atoms with van der Waals surface area (Å²) in [5.74, 6) is 0.554. The molecule has 1 saturated carbocycles. The lowest BCUT2D eigenvalue weighted by atomic mass is 9.58. The molecular formula is C19H32O6. The fourth-order valence-corrected chi connectivity index (χ4v) is 5.17. The molecule has 4 aliphatic heterocycles. The van der Waals surface area contributed by atoms with Gasteiger partial charge in [-0.05, 0) is 58.8 Å². The highest BCUT2D eigenvalue weighted by molar-refractivity contribution is 5.08. The third-order valence-electron chi connectivity index (χ3n) is 6.49. The van der Waals surface area contributed by atoms with Gasteiger partial charge in [0.25, 0.3) is 0 Å². The largest absolute Gasteiger partial charge is 0.317 e. The molecule has 0 aromatic rings. The molecule has 5 rings (SSSR count). The molecule has 0 amide bonds. The summed E-state index contributed by atoms with van der Waals surface area (Å²) in [5.41, 5.74) is -0.939. The lowest BCUT2D eigenvalue weighted by molar-refractivity contribution is -0.588. The topological polar surface area (TPSA) is 55.4 Å². The van der Waals surface area contributed by atoms with Crippen molar-refractivity contribution in [3.05, 3.63) is 0 Å². The Hall–Kier alpha value is -0.240. The van der Waals surface area contributed by atoms with E-state index in [2.05, 4.69) is 13.8 Å². The van der Waals surface area contributed by atoms with Gasteiger partial charge in [-0.2, -0.15) is 0 Å². The van der Waals surface area contributed by atoms with E-state index in [1.165, 1.54) is 6.42 Å². The molecule has 6 nitrogen and oxygen atoms in total. The Balaban J connectivity index is 1.65. The van der Waals surface area contributed by atoms with Gasteiger partial charge < -0.3 is 9.47 Å². The van der Waals surface area contributed by atoms with Gasteiger partial charge in [0, 0.05) is 18.3 Å². The maximum atomic E-state index is 6.28. The molecule has 4 saturated heterocycles. The number of rotatable bonds is 2. The SMILES string of the molecule is C[C@H]1[C@@H](OOC(C)(C)C)OC2O[C@@]3(C)CC[C@H]4[C@H](C)CC[C@@H]1[C@@]24OO3. The third-order valence-corrected chi connectivity index (χ3v) is 6.49. The molecule has 6 heteroatoms. The monoisotopic (exact) mass is 356 g/mol. The van der Waals surface area contributed by atoms with Crippen LogP contribution in [0.25, 0.3) is 0 Å². The van der Waals surface area contributed by atoms with Crippen molar-refractivity contribution >= 4 is 0 Å². The molecule has 8 atom stereocenters. The molecule has 1 aliphatic carbocycles. The summed E-state index contributed by atoms with van der Waals surface area (Å²) >= 11 is 0. The lowest BCUT2D eigenvalue weighted by Gasteiger charge is -2.59. The van der Waals surface area contributed by atoms with E-state index in [0.717, 1.165) is 19.3 Å². The van der Waals surface area contributed by atoms with Crippen molar-refractivity contribution in [2.24, 2.45) is 23.7 Å². The van der Waals surface area contributed by atoms with E-state index in [1.807, 2.05) is 27.7 Å². The van der Waals surface area contributed by atoms with Gasteiger partial charge in [-0.15, -0.1) is 0 Å². The molecule has 1 unspecified atom stereocenters. The predicted octanol–water partition coefficient (Wildman–Crippen LogP) is 3.94. The van der Waals surface area contributed by atoms with Crippen LogP contribution in [0.3, 0.4) is 0 Å². The number of hydrogen-bond acceptors (Lipinski definition) is 6. The van der Waals surface area contributed by atoms with Crippen molar-refractivity contribution in [2.45, 2.75) is 96.8 Å². The summed E-state index contributed by atoms with van der Waals surface area (Å²) in [5, 5.41) is 0. The van der Waals surface area contributed by atoms with Crippen LogP contribution >= 0.6 is 0 Å².